The predicted octanol–water partition coefficient (Wildman–Crippen LogP) is 1.36. The Kier molecular flexibility index (Phi) is 3.91. The van der Waals surface area contributed by atoms with Crippen molar-refractivity contribution in [2.24, 2.45) is 0 Å². The lowest BCUT2D eigenvalue weighted by Crippen LogP contribution is -2.42. The molecule has 1 aromatic carbocycles. The van der Waals surface area contributed by atoms with Crippen LogP contribution in [0.2, 0.25) is 0 Å². The number of benzene rings is 1. The molecule has 0 unspecified atom stereocenters. The maximum Gasteiger partial charge on any atom is 0.242 e. The normalized spacial score (nSPS) is 20.4. The predicted molar refractivity (Wildman–Crippen MR) is 74.4 cm³/mol. The van der Waals surface area contributed by atoms with Gasteiger partial charge in [0.2, 0.25) is 15.9 Å². The van der Waals surface area contributed by atoms with Crippen molar-refractivity contribution in [3.63, 3.8) is 0 Å². The zero-order valence-corrected chi connectivity index (χ0v) is 11.9. The molecule has 0 spiro atoms. The largest absolute Gasteiger partial charge is 0.325 e. The summed E-state index contributed by atoms with van der Waals surface area (Å²) in [5.41, 5.74) is 1.80. The number of rotatable bonds is 3. The number of amides is 1. The van der Waals surface area contributed by atoms with Gasteiger partial charge in [0.05, 0.1) is 6.26 Å². The molecule has 0 radical (unpaired) electrons. The molecule has 6 heteroatoms. The number of nitrogens with one attached hydrogen (secondary N) is 1. The Morgan fingerprint density at radius 1 is 1.32 bits per heavy atom. The third-order valence-electron chi connectivity index (χ3n) is 3.25. The molecule has 2 rings (SSSR count). The molecule has 1 saturated heterocycles. The first kappa shape index (κ1) is 14.0. The summed E-state index contributed by atoms with van der Waals surface area (Å²) in [6.07, 6.45) is 2.44. The Balaban J connectivity index is 2.09. The van der Waals surface area contributed by atoms with E-state index < -0.39 is 16.1 Å². The zero-order valence-electron chi connectivity index (χ0n) is 11.1. The van der Waals surface area contributed by atoms with Gasteiger partial charge in [-0.25, -0.2) is 8.42 Å². The number of aryl methyl sites for hydroxylation is 1. The topological polar surface area (TPSA) is 66.5 Å². The van der Waals surface area contributed by atoms with Crippen molar-refractivity contribution in [3.8, 4) is 0 Å². The number of sulfonamides is 1. The SMILES string of the molecule is Cc1ccc(NC(=O)[C@@H]2CCCN2S(C)(=O)=O)cc1. The third-order valence-corrected chi connectivity index (χ3v) is 4.54. The van der Waals surface area contributed by atoms with Gasteiger partial charge in [-0.05, 0) is 31.9 Å². The van der Waals surface area contributed by atoms with E-state index in [9.17, 15) is 13.2 Å². The van der Waals surface area contributed by atoms with Crippen LogP contribution < -0.4 is 5.32 Å². The van der Waals surface area contributed by atoms with Crippen molar-refractivity contribution in [1.29, 1.82) is 0 Å². The minimum atomic E-state index is -3.32. The van der Waals surface area contributed by atoms with Crippen LogP contribution in [0.4, 0.5) is 5.69 Å². The molecule has 104 valence electrons. The summed E-state index contributed by atoms with van der Waals surface area (Å²) >= 11 is 0. The summed E-state index contributed by atoms with van der Waals surface area (Å²) in [5.74, 6) is -0.258. The van der Waals surface area contributed by atoms with E-state index in [1.54, 1.807) is 0 Å². The lowest BCUT2D eigenvalue weighted by atomic mass is 10.2. The van der Waals surface area contributed by atoms with E-state index >= 15 is 0 Å². The summed E-state index contributed by atoms with van der Waals surface area (Å²) in [4.78, 5) is 12.1. The van der Waals surface area contributed by atoms with Crippen LogP contribution in [0, 0.1) is 6.92 Å². The fraction of sp³-hybridized carbons (Fsp3) is 0.462. The van der Waals surface area contributed by atoms with Crippen LogP contribution in [-0.4, -0.2) is 37.5 Å². The molecule has 0 bridgehead atoms. The molecular weight excluding hydrogens is 264 g/mol. The smallest absolute Gasteiger partial charge is 0.242 e. The lowest BCUT2D eigenvalue weighted by Gasteiger charge is -2.21. The van der Waals surface area contributed by atoms with E-state index in [1.165, 1.54) is 4.31 Å². The van der Waals surface area contributed by atoms with Gasteiger partial charge in [-0.2, -0.15) is 4.31 Å². The number of hydrogen-bond acceptors (Lipinski definition) is 3. The minimum absolute atomic E-state index is 0.258. The van der Waals surface area contributed by atoms with Crippen LogP contribution in [0.5, 0.6) is 0 Å². The average molecular weight is 282 g/mol. The van der Waals surface area contributed by atoms with E-state index in [4.69, 9.17) is 0 Å². The second kappa shape index (κ2) is 5.30. The monoisotopic (exact) mass is 282 g/mol. The van der Waals surface area contributed by atoms with Gasteiger partial charge in [-0.3, -0.25) is 4.79 Å². The number of nitrogens with zero attached hydrogens (tertiary/aromatic N) is 1. The van der Waals surface area contributed by atoms with Gasteiger partial charge in [-0.15, -0.1) is 0 Å². The Morgan fingerprint density at radius 2 is 1.95 bits per heavy atom. The molecular formula is C13H18N2O3S. The standard InChI is InChI=1S/C13H18N2O3S/c1-10-5-7-11(8-6-10)14-13(16)12-4-3-9-15(12)19(2,17)18/h5-8,12H,3-4,9H2,1-2H3,(H,14,16)/t12-/m0/s1. The quantitative estimate of drug-likeness (QED) is 0.910. The fourth-order valence-corrected chi connectivity index (χ4v) is 3.39. The molecule has 1 amide bonds. The number of carbonyl (C=O) groups excluding carboxylic acids is 1. The maximum absolute atomic E-state index is 12.1. The Hall–Kier alpha value is -1.40. The van der Waals surface area contributed by atoms with Crippen LogP contribution in [0.25, 0.3) is 0 Å². The molecule has 1 aromatic rings. The molecule has 0 aromatic heterocycles. The van der Waals surface area contributed by atoms with Crippen molar-refractivity contribution in [1.82, 2.24) is 4.31 Å². The number of carbonyl (C=O) groups is 1. The highest BCUT2D eigenvalue weighted by molar-refractivity contribution is 7.88. The second-order valence-electron chi connectivity index (χ2n) is 4.89. The van der Waals surface area contributed by atoms with Gasteiger partial charge >= 0.3 is 0 Å². The number of anilines is 1. The molecule has 1 N–H and O–H groups in total. The third kappa shape index (κ3) is 3.33. The molecule has 5 nitrogen and oxygen atoms in total. The molecule has 0 aliphatic carbocycles. The average Bonchev–Trinajstić information content (AvgIpc) is 2.81. The van der Waals surface area contributed by atoms with Crippen molar-refractivity contribution in [2.75, 3.05) is 18.1 Å². The van der Waals surface area contributed by atoms with Crippen molar-refractivity contribution < 1.29 is 13.2 Å². The van der Waals surface area contributed by atoms with Crippen LogP contribution >= 0.6 is 0 Å². The van der Waals surface area contributed by atoms with E-state index in [0.717, 1.165) is 18.2 Å². The molecule has 1 aliphatic rings. The van der Waals surface area contributed by atoms with Gasteiger partial charge in [0.25, 0.3) is 0 Å². The molecule has 0 saturated carbocycles. The highest BCUT2D eigenvalue weighted by Crippen LogP contribution is 2.21. The van der Waals surface area contributed by atoms with E-state index in [-0.39, 0.29) is 5.91 Å². The van der Waals surface area contributed by atoms with E-state index in [2.05, 4.69) is 5.32 Å². The van der Waals surface area contributed by atoms with E-state index in [0.29, 0.717) is 18.7 Å². The fourth-order valence-electron chi connectivity index (χ4n) is 2.26. The maximum atomic E-state index is 12.1. The summed E-state index contributed by atoms with van der Waals surface area (Å²) in [7, 11) is -3.32. The van der Waals surface area contributed by atoms with Gasteiger partial charge in [0.1, 0.15) is 6.04 Å². The summed E-state index contributed by atoms with van der Waals surface area (Å²) in [6.45, 7) is 2.39. The Morgan fingerprint density at radius 3 is 2.53 bits per heavy atom. The van der Waals surface area contributed by atoms with Crippen LogP contribution in [-0.2, 0) is 14.8 Å². The summed E-state index contributed by atoms with van der Waals surface area (Å²) < 4.78 is 24.5. The zero-order chi connectivity index (χ0) is 14.0. The van der Waals surface area contributed by atoms with Gasteiger partial charge in [0, 0.05) is 12.2 Å². The highest BCUT2D eigenvalue weighted by Gasteiger charge is 2.36. The van der Waals surface area contributed by atoms with Crippen LogP contribution in [0.1, 0.15) is 18.4 Å². The summed E-state index contributed by atoms with van der Waals surface area (Å²) in [5, 5.41) is 2.77. The van der Waals surface area contributed by atoms with Gasteiger partial charge in [0.15, 0.2) is 0 Å². The van der Waals surface area contributed by atoms with Gasteiger partial charge < -0.3 is 5.32 Å². The molecule has 1 fully saturated rings. The molecule has 1 heterocycles. The Bertz CT molecular complexity index is 566. The molecule has 1 aliphatic heterocycles. The molecule has 19 heavy (non-hydrogen) atoms. The molecule has 1 atom stereocenters. The van der Waals surface area contributed by atoms with Crippen LogP contribution in [0.3, 0.4) is 0 Å². The lowest BCUT2D eigenvalue weighted by molar-refractivity contribution is -0.119. The minimum Gasteiger partial charge on any atom is -0.325 e. The first-order chi connectivity index (χ1) is 8.88. The van der Waals surface area contributed by atoms with Crippen LogP contribution in [0.15, 0.2) is 24.3 Å². The van der Waals surface area contributed by atoms with Gasteiger partial charge in [-0.1, -0.05) is 17.7 Å². The summed E-state index contributed by atoms with van der Waals surface area (Å²) in [6, 6.07) is 6.84. The van der Waals surface area contributed by atoms with Crippen molar-refractivity contribution >= 4 is 21.6 Å². The first-order valence-corrected chi connectivity index (χ1v) is 8.07. The first-order valence-electron chi connectivity index (χ1n) is 6.22. The van der Waals surface area contributed by atoms with Crippen molar-refractivity contribution in [3.05, 3.63) is 29.8 Å². The van der Waals surface area contributed by atoms with E-state index in [1.807, 2.05) is 31.2 Å². The number of hydrogen-bond donors (Lipinski definition) is 1. The van der Waals surface area contributed by atoms with Crippen molar-refractivity contribution in [2.45, 2.75) is 25.8 Å². The Labute approximate surface area is 113 Å². The second-order valence-corrected chi connectivity index (χ2v) is 6.82. The highest BCUT2D eigenvalue weighted by atomic mass is 32.2.